The molecule has 1 heteroatoms. The standard InChI is InChI=1S/C37H66Si/c1-24(2)33-23-34-27(25-19-21-26(22-20-25)37(3,4)5)17-12-18-32(34)36(33)38(6,7)35-30-15-10-8-13-28(30)29-14-9-11-16-31(29)35/h24-36H,8-23H2,1-7H3. The summed E-state index contributed by atoms with van der Waals surface area (Å²) < 4.78 is 0. The molecule has 0 aromatic carbocycles. The molecule has 9 unspecified atom stereocenters. The van der Waals surface area contributed by atoms with Crippen LogP contribution in [0.15, 0.2) is 0 Å². The third-order valence-electron chi connectivity index (χ3n) is 15.0. The largest absolute Gasteiger partial charge is 0.0689 e. The fourth-order valence-corrected chi connectivity index (χ4v) is 20.3. The van der Waals surface area contributed by atoms with E-state index in [0.717, 1.165) is 70.6 Å². The van der Waals surface area contributed by atoms with Crippen molar-refractivity contribution in [3.05, 3.63) is 0 Å². The summed E-state index contributed by atoms with van der Waals surface area (Å²) in [5.41, 5.74) is 2.83. The van der Waals surface area contributed by atoms with Crippen LogP contribution in [0.4, 0.5) is 0 Å². The lowest BCUT2D eigenvalue weighted by atomic mass is 9.61. The second-order valence-corrected chi connectivity index (χ2v) is 23.1. The summed E-state index contributed by atoms with van der Waals surface area (Å²) >= 11 is 0. The molecule has 6 aliphatic carbocycles. The predicted molar refractivity (Wildman–Crippen MR) is 168 cm³/mol. The molecular weight excluding hydrogens is 472 g/mol. The van der Waals surface area contributed by atoms with Crippen LogP contribution < -0.4 is 0 Å². The molecule has 0 aromatic rings. The Bertz CT molecular complexity index is 774. The van der Waals surface area contributed by atoms with E-state index >= 15 is 0 Å². The molecule has 0 amide bonds. The minimum absolute atomic E-state index is 0.520. The van der Waals surface area contributed by atoms with Crippen molar-refractivity contribution in [2.75, 3.05) is 0 Å². The number of hydrogen-bond acceptors (Lipinski definition) is 0. The van der Waals surface area contributed by atoms with E-state index in [-0.39, 0.29) is 0 Å². The highest BCUT2D eigenvalue weighted by Gasteiger charge is 2.62. The SMILES string of the molecule is CC(C)C1CC2C(C3CCC(C(C)(C)C)CC3)CCCC2C1[Si](C)(C)C1C2CCCCC2C2CCCCC21. The molecular formula is C37H66Si. The molecule has 0 bridgehead atoms. The van der Waals surface area contributed by atoms with Gasteiger partial charge in [-0.15, -0.1) is 0 Å². The van der Waals surface area contributed by atoms with Gasteiger partial charge in [-0.1, -0.05) is 99.1 Å². The maximum absolute atomic E-state index is 3.00. The first kappa shape index (κ1) is 28.3. The molecule has 38 heavy (non-hydrogen) atoms. The van der Waals surface area contributed by atoms with Gasteiger partial charge in [-0.25, -0.2) is 0 Å². The van der Waals surface area contributed by atoms with Crippen molar-refractivity contribution in [1.29, 1.82) is 0 Å². The average Bonchev–Trinajstić information content (AvgIpc) is 3.46. The molecule has 0 heterocycles. The Kier molecular flexibility index (Phi) is 8.06. The van der Waals surface area contributed by atoms with Crippen molar-refractivity contribution < 1.29 is 0 Å². The molecule has 0 N–H and O–H groups in total. The number of fused-ring (bicyclic) bond motifs is 4. The normalized spacial score (nSPS) is 48.0. The zero-order valence-electron chi connectivity index (χ0n) is 26.8. The Labute approximate surface area is 239 Å². The molecule has 218 valence electrons. The monoisotopic (exact) mass is 538 g/mol. The van der Waals surface area contributed by atoms with E-state index in [2.05, 4.69) is 47.7 Å². The van der Waals surface area contributed by atoms with Gasteiger partial charge in [-0.2, -0.15) is 0 Å². The number of hydrogen-bond donors (Lipinski definition) is 0. The van der Waals surface area contributed by atoms with E-state index in [4.69, 9.17) is 0 Å². The van der Waals surface area contributed by atoms with Gasteiger partial charge in [-0.3, -0.25) is 0 Å². The van der Waals surface area contributed by atoms with Gasteiger partial charge in [0, 0.05) is 0 Å². The molecule has 0 saturated heterocycles. The molecule has 6 fully saturated rings. The van der Waals surface area contributed by atoms with Gasteiger partial charge < -0.3 is 0 Å². The fraction of sp³-hybridized carbons (Fsp3) is 1.00. The maximum Gasteiger partial charge on any atom is 0.0547 e. The Morgan fingerprint density at radius 2 is 1.00 bits per heavy atom. The predicted octanol–water partition coefficient (Wildman–Crippen LogP) is 11.6. The van der Waals surface area contributed by atoms with Crippen molar-refractivity contribution in [2.24, 2.45) is 70.5 Å². The second kappa shape index (κ2) is 10.8. The van der Waals surface area contributed by atoms with Gasteiger partial charge in [0.25, 0.3) is 0 Å². The van der Waals surface area contributed by atoms with Crippen LogP contribution in [0.1, 0.15) is 137 Å². The molecule has 0 aromatic heterocycles. The molecule has 6 saturated carbocycles. The van der Waals surface area contributed by atoms with Gasteiger partial charge in [-0.05, 0) is 133 Å². The summed E-state index contributed by atoms with van der Waals surface area (Å²) in [5, 5.41) is 0. The van der Waals surface area contributed by atoms with E-state index in [1.807, 2.05) is 0 Å². The highest BCUT2D eigenvalue weighted by Crippen LogP contribution is 2.69. The van der Waals surface area contributed by atoms with Crippen LogP contribution in [-0.4, -0.2) is 8.07 Å². The van der Waals surface area contributed by atoms with Gasteiger partial charge >= 0.3 is 0 Å². The van der Waals surface area contributed by atoms with Crippen molar-refractivity contribution in [2.45, 2.75) is 162 Å². The molecule has 6 rings (SSSR count). The Morgan fingerprint density at radius 1 is 0.526 bits per heavy atom. The third-order valence-corrected chi connectivity index (χ3v) is 20.2. The lowest BCUT2D eigenvalue weighted by molar-refractivity contribution is 0.0635. The first-order valence-corrected chi connectivity index (χ1v) is 21.2. The summed E-state index contributed by atoms with van der Waals surface area (Å²) in [6.07, 6.45) is 25.2. The fourth-order valence-electron chi connectivity index (χ4n) is 13.7. The van der Waals surface area contributed by atoms with Crippen molar-refractivity contribution in [3.63, 3.8) is 0 Å². The quantitative estimate of drug-likeness (QED) is 0.312. The number of rotatable bonds is 4. The van der Waals surface area contributed by atoms with E-state index in [1.54, 1.807) is 89.9 Å². The van der Waals surface area contributed by atoms with Crippen molar-refractivity contribution in [3.8, 4) is 0 Å². The Morgan fingerprint density at radius 3 is 1.53 bits per heavy atom. The highest BCUT2D eigenvalue weighted by molar-refractivity contribution is 6.80. The zero-order valence-corrected chi connectivity index (χ0v) is 27.8. The first-order valence-electron chi connectivity index (χ1n) is 18.1. The van der Waals surface area contributed by atoms with Crippen LogP contribution in [0.5, 0.6) is 0 Å². The second-order valence-electron chi connectivity index (χ2n) is 18.1. The Balaban J connectivity index is 1.26. The molecule has 0 spiro atoms. The van der Waals surface area contributed by atoms with Crippen LogP contribution in [-0.2, 0) is 0 Å². The van der Waals surface area contributed by atoms with Crippen LogP contribution in [0.2, 0.25) is 24.2 Å². The summed E-state index contributed by atoms with van der Waals surface area (Å²) in [6.45, 7) is 18.8. The first-order chi connectivity index (χ1) is 18.1. The minimum Gasteiger partial charge on any atom is -0.0689 e. The smallest absolute Gasteiger partial charge is 0.0547 e. The van der Waals surface area contributed by atoms with Gasteiger partial charge in [0.15, 0.2) is 0 Å². The highest BCUT2D eigenvalue weighted by atomic mass is 28.3. The molecule has 0 aliphatic heterocycles. The van der Waals surface area contributed by atoms with Gasteiger partial charge in [0.2, 0.25) is 0 Å². The van der Waals surface area contributed by atoms with Crippen LogP contribution in [0.3, 0.4) is 0 Å². The zero-order chi connectivity index (χ0) is 26.8. The molecule has 0 nitrogen and oxygen atoms in total. The molecule has 9 atom stereocenters. The van der Waals surface area contributed by atoms with E-state index < -0.39 is 8.07 Å². The van der Waals surface area contributed by atoms with Crippen LogP contribution in [0.25, 0.3) is 0 Å². The van der Waals surface area contributed by atoms with E-state index in [9.17, 15) is 0 Å². The van der Waals surface area contributed by atoms with Crippen LogP contribution in [0, 0.1) is 70.5 Å². The maximum atomic E-state index is 3.00. The molecule has 0 radical (unpaired) electrons. The third kappa shape index (κ3) is 4.85. The summed E-state index contributed by atoms with van der Waals surface area (Å²) in [6, 6.07) is 0. The van der Waals surface area contributed by atoms with E-state index in [1.165, 1.54) is 18.4 Å². The van der Waals surface area contributed by atoms with Crippen molar-refractivity contribution >= 4 is 8.07 Å². The Hall–Kier alpha value is 0.217. The average molecular weight is 539 g/mol. The van der Waals surface area contributed by atoms with Gasteiger partial charge in [0.05, 0.1) is 8.07 Å². The summed E-state index contributed by atoms with van der Waals surface area (Å²) in [5.74, 6) is 11.8. The van der Waals surface area contributed by atoms with E-state index in [0.29, 0.717) is 5.41 Å². The summed E-state index contributed by atoms with van der Waals surface area (Å²) in [4.78, 5) is 0. The lowest BCUT2D eigenvalue weighted by Gasteiger charge is -2.50. The summed E-state index contributed by atoms with van der Waals surface area (Å²) in [7, 11) is -1.40. The van der Waals surface area contributed by atoms with Gasteiger partial charge in [0.1, 0.15) is 0 Å². The minimum atomic E-state index is -1.40. The van der Waals surface area contributed by atoms with Crippen molar-refractivity contribution in [1.82, 2.24) is 0 Å². The molecule has 6 aliphatic rings. The topological polar surface area (TPSA) is 0 Å². The van der Waals surface area contributed by atoms with Crippen LogP contribution >= 0.6 is 0 Å². The lowest BCUT2D eigenvalue weighted by Crippen LogP contribution is -2.48.